The average molecular weight is 320 g/mol. The molecule has 24 heavy (non-hydrogen) atoms. The maximum Gasteiger partial charge on any atom is 0.235 e. The van der Waals surface area contributed by atoms with Crippen molar-refractivity contribution in [3.05, 3.63) is 54.2 Å². The van der Waals surface area contributed by atoms with Gasteiger partial charge in [-0.1, -0.05) is 12.1 Å². The highest BCUT2D eigenvalue weighted by molar-refractivity contribution is 6.06. The molecule has 1 saturated carbocycles. The summed E-state index contributed by atoms with van der Waals surface area (Å²) in [6.07, 6.45) is 3.58. The first-order valence-electron chi connectivity index (χ1n) is 8.04. The quantitative estimate of drug-likeness (QED) is 0.775. The number of nitrogens with one attached hydrogen (secondary N) is 2. The Kier molecular flexibility index (Phi) is 2.68. The van der Waals surface area contributed by atoms with Crippen LogP contribution in [0.4, 0.5) is 5.69 Å². The van der Waals surface area contributed by atoms with E-state index in [0.29, 0.717) is 0 Å². The number of rotatable bonds is 3. The molecule has 0 unspecified atom stereocenters. The molecule has 1 amide bonds. The van der Waals surface area contributed by atoms with Crippen molar-refractivity contribution in [2.75, 3.05) is 12.1 Å². The molecule has 0 spiro atoms. The number of hydrogen-bond acceptors (Lipinski definition) is 3. The zero-order valence-electron chi connectivity index (χ0n) is 13.0. The molecule has 1 aliphatic heterocycles. The van der Waals surface area contributed by atoms with Gasteiger partial charge >= 0.3 is 0 Å². The summed E-state index contributed by atoms with van der Waals surface area (Å²) in [5.74, 6) is 1.50. The lowest BCUT2D eigenvalue weighted by Gasteiger charge is -2.17. The minimum atomic E-state index is -0.459. The number of ether oxygens (including phenoxy) is 2. The van der Waals surface area contributed by atoms with Crippen LogP contribution in [0.15, 0.2) is 48.7 Å². The molecular formula is C19H16N2O3. The summed E-state index contributed by atoms with van der Waals surface area (Å²) in [6, 6.07) is 13.6. The molecule has 2 heterocycles. The van der Waals surface area contributed by atoms with E-state index in [2.05, 4.69) is 10.3 Å². The highest BCUT2D eigenvalue weighted by Gasteiger charge is 2.51. The Morgan fingerprint density at radius 2 is 1.96 bits per heavy atom. The van der Waals surface area contributed by atoms with Crippen molar-refractivity contribution >= 4 is 22.5 Å². The molecule has 5 rings (SSSR count). The summed E-state index contributed by atoms with van der Waals surface area (Å²) in [5, 5.41) is 4.13. The van der Waals surface area contributed by atoms with Gasteiger partial charge in [-0.15, -0.1) is 0 Å². The van der Waals surface area contributed by atoms with E-state index in [1.54, 1.807) is 0 Å². The van der Waals surface area contributed by atoms with E-state index in [-0.39, 0.29) is 12.7 Å². The third-order valence-electron chi connectivity index (χ3n) is 4.95. The fraction of sp³-hybridized carbons (Fsp3) is 0.211. The molecule has 1 aliphatic carbocycles. The molecular weight excluding hydrogens is 304 g/mol. The molecule has 0 radical (unpaired) electrons. The van der Waals surface area contributed by atoms with Crippen molar-refractivity contribution in [1.82, 2.24) is 4.98 Å². The summed E-state index contributed by atoms with van der Waals surface area (Å²) < 4.78 is 10.8. The van der Waals surface area contributed by atoms with Crippen molar-refractivity contribution in [2.45, 2.75) is 18.3 Å². The van der Waals surface area contributed by atoms with Crippen LogP contribution in [0.25, 0.3) is 10.9 Å². The number of carbonyl (C=O) groups is 1. The summed E-state index contributed by atoms with van der Waals surface area (Å²) >= 11 is 0. The van der Waals surface area contributed by atoms with Crippen LogP contribution < -0.4 is 14.8 Å². The second-order valence-corrected chi connectivity index (χ2v) is 6.35. The fourth-order valence-corrected chi connectivity index (χ4v) is 3.40. The molecule has 1 aromatic heterocycles. The van der Waals surface area contributed by atoms with Gasteiger partial charge in [-0.3, -0.25) is 4.79 Å². The Labute approximate surface area is 138 Å². The molecule has 2 aliphatic rings. The topological polar surface area (TPSA) is 63.4 Å². The molecule has 0 bridgehead atoms. The number of H-pyrrole nitrogens is 1. The highest BCUT2D eigenvalue weighted by Crippen LogP contribution is 2.51. The molecule has 120 valence electrons. The van der Waals surface area contributed by atoms with E-state index in [9.17, 15) is 4.79 Å². The Hall–Kier alpha value is -2.95. The maximum absolute atomic E-state index is 13.0. The normalized spacial score (nSPS) is 17.0. The van der Waals surface area contributed by atoms with E-state index < -0.39 is 5.41 Å². The van der Waals surface area contributed by atoms with Gasteiger partial charge < -0.3 is 19.8 Å². The van der Waals surface area contributed by atoms with Gasteiger partial charge in [0.1, 0.15) is 0 Å². The van der Waals surface area contributed by atoms with Crippen molar-refractivity contribution < 1.29 is 14.3 Å². The lowest BCUT2D eigenvalue weighted by molar-refractivity contribution is -0.118. The molecule has 0 atom stereocenters. The number of amides is 1. The van der Waals surface area contributed by atoms with E-state index in [4.69, 9.17) is 9.47 Å². The summed E-state index contributed by atoms with van der Waals surface area (Å²) in [4.78, 5) is 16.1. The minimum Gasteiger partial charge on any atom is -0.454 e. The lowest BCUT2D eigenvalue weighted by Crippen LogP contribution is -2.27. The van der Waals surface area contributed by atoms with Gasteiger partial charge in [0.2, 0.25) is 12.7 Å². The molecule has 2 N–H and O–H groups in total. The number of carbonyl (C=O) groups excluding carboxylic acids is 1. The SMILES string of the molecule is O=C(Nc1cccc2[nH]ccc12)C1(c2ccc3c(c2)OCO3)CC1. The smallest absolute Gasteiger partial charge is 0.235 e. The second-order valence-electron chi connectivity index (χ2n) is 6.35. The van der Waals surface area contributed by atoms with Crippen LogP contribution in [-0.2, 0) is 10.2 Å². The van der Waals surface area contributed by atoms with Gasteiger partial charge in [0.15, 0.2) is 11.5 Å². The first-order valence-corrected chi connectivity index (χ1v) is 8.04. The Morgan fingerprint density at radius 3 is 2.83 bits per heavy atom. The average Bonchev–Trinajstić information content (AvgIpc) is 3.05. The number of anilines is 1. The van der Waals surface area contributed by atoms with Gasteiger partial charge in [0.25, 0.3) is 0 Å². The van der Waals surface area contributed by atoms with Crippen LogP contribution in [0.5, 0.6) is 11.5 Å². The van der Waals surface area contributed by atoms with Gasteiger partial charge in [-0.05, 0) is 48.7 Å². The van der Waals surface area contributed by atoms with Crippen LogP contribution in [0.1, 0.15) is 18.4 Å². The van der Waals surface area contributed by atoms with Crippen molar-refractivity contribution in [3.63, 3.8) is 0 Å². The highest BCUT2D eigenvalue weighted by atomic mass is 16.7. The Bertz CT molecular complexity index is 956. The van der Waals surface area contributed by atoms with Gasteiger partial charge in [-0.25, -0.2) is 0 Å². The van der Waals surface area contributed by atoms with E-state index in [0.717, 1.165) is 46.5 Å². The molecule has 1 fully saturated rings. The van der Waals surface area contributed by atoms with Gasteiger partial charge in [0.05, 0.1) is 11.1 Å². The number of aromatic nitrogens is 1. The predicted molar refractivity (Wildman–Crippen MR) is 90.4 cm³/mol. The Morgan fingerprint density at radius 1 is 1.08 bits per heavy atom. The number of benzene rings is 2. The van der Waals surface area contributed by atoms with Crippen LogP contribution in [0, 0.1) is 0 Å². The van der Waals surface area contributed by atoms with Crippen LogP contribution in [-0.4, -0.2) is 17.7 Å². The summed E-state index contributed by atoms with van der Waals surface area (Å²) in [7, 11) is 0. The number of fused-ring (bicyclic) bond motifs is 2. The van der Waals surface area contributed by atoms with E-state index in [1.165, 1.54) is 0 Å². The zero-order chi connectivity index (χ0) is 16.1. The summed E-state index contributed by atoms with van der Waals surface area (Å²) in [5.41, 5.74) is 2.39. The van der Waals surface area contributed by atoms with Crippen LogP contribution >= 0.6 is 0 Å². The molecule has 2 aromatic carbocycles. The number of aromatic amines is 1. The second kappa shape index (κ2) is 4.77. The molecule has 5 heteroatoms. The maximum atomic E-state index is 13.0. The Balaban J connectivity index is 1.47. The van der Waals surface area contributed by atoms with Crippen molar-refractivity contribution in [1.29, 1.82) is 0 Å². The first-order chi connectivity index (χ1) is 11.8. The zero-order valence-corrected chi connectivity index (χ0v) is 13.0. The van der Waals surface area contributed by atoms with Crippen molar-refractivity contribution in [2.24, 2.45) is 0 Å². The first kappa shape index (κ1) is 13.5. The molecule has 0 saturated heterocycles. The van der Waals surface area contributed by atoms with E-state index >= 15 is 0 Å². The largest absolute Gasteiger partial charge is 0.454 e. The molecule has 3 aromatic rings. The third kappa shape index (κ3) is 1.91. The van der Waals surface area contributed by atoms with Crippen LogP contribution in [0.2, 0.25) is 0 Å². The predicted octanol–water partition coefficient (Wildman–Crippen LogP) is 3.57. The standard InChI is InChI=1S/C19H16N2O3/c22-18(21-15-3-1-2-14-13(15)6-9-20-14)19(7-8-19)12-4-5-16-17(10-12)24-11-23-16/h1-6,9-10,20H,7-8,11H2,(H,21,22). The lowest BCUT2D eigenvalue weighted by atomic mass is 9.94. The summed E-state index contributed by atoms with van der Waals surface area (Å²) in [6.45, 7) is 0.244. The third-order valence-corrected chi connectivity index (χ3v) is 4.95. The van der Waals surface area contributed by atoms with Gasteiger partial charge in [-0.2, -0.15) is 0 Å². The monoisotopic (exact) mass is 320 g/mol. The van der Waals surface area contributed by atoms with Crippen LogP contribution in [0.3, 0.4) is 0 Å². The van der Waals surface area contributed by atoms with E-state index in [1.807, 2.05) is 48.7 Å². The van der Waals surface area contributed by atoms with Crippen molar-refractivity contribution in [3.8, 4) is 11.5 Å². The fourth-order valence-electron chi connectivity index (χ4n) is 3.40. The minimum absolute atomic E-state index is 0.0371. The van der Waals surface area contributed by atoms with Gasteiger partial charge in [0, 0.05) is 17.1 Å². The number of hydrogen-bond donors (Lipinski definition) is 2. The molecule has 5 nitrogen and oxygen atoms in total.